The Morgan fingerprint density at radius 2 is 2.15 bits per heavy atom. The molecule has 0 spiro atoms. The van der Waals surface area contributed by atoms with Crippen LogP contribution in [0.2, 0.25) is 0 Å². The number of halogens is 1. The highest BCUT2D eigenvalue weighted by molar-refractivity contribution is 9.10. The van der Waals surface area contributed by atoms with E-state index in [0.717, 1.165) is 0 Å². The zero-order chi connectivity index (χ0) is 10.1. The standard InChI is InChI=1S/C6H11BrN2O3S/c1-8-6(10)5-2-9(3-5)13(11,12)4-7/h5H,2-4H2,1H3,(H,8,10). The lowest BCUT2D eigenvalue weighted by Gasteiger charge is -2.36. The van der Waals surface area contributed by atoms with Crippen molar-refractivity contribution in [2.45, 2.75) is 0 Å². The van der Waals surface area contributed by atoms with Gasteiger partial charge in [0, 0.05) is 20.1 Å². The van der Waals surface area contributed by atoms with Crippen molar-refractivity contribution >= 4 is 31.9 Å². The maximum absolute atomic E-state index is 11.2. The molecule has 76 valence electrons. The Hall–Kier alpha value is -0.140. The smallest absolute Gasteiger partial charge is 0.225 e. The van der Waals surface area contributed by atoms with Crippen molar-refractivity contribution < 1.29 is 13.2 Å². The second-order valence-electron chi connectivity index (χ2n) is 2.85. The van der Waals surface area contributed by atoms with E-state index in [-0.39, 0.29) is 16.5 Å². The highest BCUT2D eigenvalue weighted by atomic mass is 79.9. The lowest BCUT2D eigenvalue weighted by molar-refractivity contribution is -0.127. The molecule has 13 heavy (non-hydrogen) atoms. The van der Waals surface area contributed by atoms with Gasteiger partial charge in [-0.1, -0.05) is 15.9 Å². The van der Waals surface area contributed by atoms with Crippen LogP contribution in [0.25, 0.3) is 0 Å². The molecule has 7 heteroatoms. The van der Waals surface area contributed by atoms with Gasteiger partial charge < -0.3 is 5.32 Å². The first-order chi connectivity index (χ1) is 6.01. The molecular weight excluding hydrogens is 260 g/mol. The highest BCUT2D eigenvalue weighted by Gasteiger charge is 2.38. The third-order valence-electron chi connectivity index (χ3n) is 2.00. The van der Waals surface area contributed by atoms with Crippen LogP contribution in [0.1, 0.15) is 0 Å². The number of hydrogen-bond acceptors (Lipinski definition) is 3. The summed E-state index contributed by atoms with van der Waals surface area (Å²) in [7, 11) is -1.62. The van der Waals surface area contributed by atoms with Gasteiger partial charge in [0.1, 0.15) is 4.66 Å². The van der Waals surface area contributed by atoms with E-state index in [1.807, 2.05) is 0 Å². The predicted molar refractivity (Wildman–Crippen MR) is 51.8 cm³/mol. The van der Waals surface area contributed by atoms with Gasteiger partial charge in [-0.25, -0.2) is 8.42 Å². The number of nitrogens with zero attached hydrogens (tertiary/aromatic N) is 1. The Morgan fingerprint density at radius 1 is 1.62 bits per heavy atom. The van der Waals surface area contributed by atoms with E-state index in [1.54, 1.807) is 7.05 Å². The summed E-state index contributed by atoms with van der Waals surface area (Å²) >= 11 is 2.89. The van der Waals surface area contributed by atoms with Crippen molar-refractivity contribution in [2.24, 2.45) is 5.92 Å². The van der Waals surface area contributed by atoms with Gasteiger partial charge in [-0.3, -0.25) is 4.79 Å². The van der Waals surface area contributed by atoms with Gasteiger partial charge in [0.25, 0.3) is 0 Å². The fraction of sp³-hybridized carbons (Fsp3) is 0.833. The van der Waals surface area contributed by atoms with Crippen LogP contribution in [0.15, 0.2) is 0 Å². The number of alkyl halides is 1. The first kappa shape index (κ1) is 10.9. The molecule has 1 saturated heterocycles. The molecule has 0 aromatic rings. The van der Waals surface area contributed by atoms with E-state index >= 15 is 0 Å². The highest BCUT2D eigenvalue weighted by Crippen LogP contribution is 2.20. The van der Waals surface area contributed by atoms with Crippen molar-refractivity contribution in [1.29, 1.82) is 0 Å². The van der Waals surface area contributed by atoms with Crippen LogP contribution >= 0.6 is 15.9 Å². The molecule has 1 heterocycles. The minimum Gasteiger partial charge on any atom is -0.359 e. The third-order valence-corrected chi connectivity index (χ3v) is 5.09. The van der Waals surface area contributed by atoms with E-state index in [1.165, 1.54) is 4.31 Å². The maximum atomic E-state index is 11.2. The average Bonchev–Trinajstić information content (AvgIpc) is 2.01. The SMILES string of the molecule is CNC(=O)C1CN(S(=O)(=O)CBr)C1. The summed E-state index contributed by atoms with van der Waals surface area (Å²) in [5.41, 5.74) is 0. The molecule has 0 bridgehead atoms. The van der Waals surface area contributed by atoms with Crippen LogP contribution in [0.5, 0.6) is 0 Å². The molecule has 5 nitrogen and oxygen atoms in total. The van der Waals surface area contributed by atoms with Crippen LogP contribution in [0.4, 0.5) is 0 Å². The second-order valence-corrected chi connectivity index (χ2v) is 6.12. The zero-order valence-electron chi connectivity index (χ0n) is 7.16. The first-order valence-electron chi connectivity index (χ1n) is 3.76. The van der Waals surface area contributed by atoms with Crippen molar-refractivity contribution in [3.8, 4) is 0 Å². The van der Waals surface area contributed by atoms with Crippen LogP contribution in [-0.4, -0.2) is 43.4 Å². The molecule has 0 aliphatic carbocycles. The molecular formula is C6H11BrN2O3S. The number of carbonyl (C=O) groups is 1. The lowest BCUT2D eigenvalue weighted by Crippen LogP contribution is -2.55. The van der Waals surface area contributed by atoms with Crippen LogP contribution in [0.3, 0.4) is 0 Å². The van der Waals surface area contributed by atoms with E-state index in [0.29, 0.717) is 13.1 Å². The molecule has 0 radical (unpaired) electrons. The van der Waals surface area contributed by atoms with Crippen molar-refractivity contribution in [3.63, 3.8) is 0 Å². The van der Waals surface area contributed by atoms with Gasteiger partial charge in [0.15, 0.2) is 0 Å². The molecule has 1 aliphatic heterocycles. The van der Waals surface area contributed by atoms with Gasteiger partial charge >= 0.3 is 0 Å². The van der Waals surface area contributed by atoms with E-state index in [9.17, 15) is 13.2 Å². The minimum atomic E-state index is -3.17. The van der Waals surface area contributed by atoms with Gasteiger partial charge in [-0.15, -0.1) is 0 Å². The Balaban J connectivity index is 2.47. The molecule has 0 saturated carbocycles. The molecule has 0 aromatic heterocycles. The van der Waals surface area contributed by atoms with Gasteiger partial charge in [-0.2, -0.15) is 4.31 Å². The fourth-order valence-corrected chi connectivity index (χ4v) is 2.93. The molecule has 1 aliphatic rings. The fourth-order valence-electron chi connectivity index (χ4n) is 1.10. The second kappa shape index (κ2) is 3.93. The summed E-state index contributed by atoms with van der Waals surface area (Å²) in [4.78, 5) is 11.0. The Morgan fingerprint density at radius 3 is 2.54 bits per heavy atom. The summed E-state index contributed by atoms with van der Waals surface area (Å²) in [5, 5.41) is 2.48. The van der Waals surface area contributed by atoms with Crippen LogP contribution in [0, 0.1) is 5.92 Å². The molecule has 0 atom stereocenters. The molecule has 0 aromatic carbocycles. The van der Waals surface area contributed by atoms with E-state index < -0.39 is 10.0 Å². The largest absolute Gasteiger partial charge is 0.359 e. The van der Waals surface area contributed by atoms with Crippen molar-refractivity contribution in [1.82, 2.24) is 9.62 Å². The summed E-state index contributed by atoms with van der Waals surface area (Å²) in [6, 6.07) is 0. The quantitative estimate of drug-likeness (QED) is 0.693. The normalized spacial score (nSPS) is 19.5. The minimum absolute atomic E-state index is 0.0829. The predicted octanol–water partition coefficient (Wildman–Crippen LogP) is -0.654. The number of carbonyl (C=O) groups excluding carboxylic acids is 1. The number of nitrogens with one attached hydrogen (secondary N) is 1. The van der Waals surface area contributed by atoms with E-state index in [2.05, 4.69) is 21.2 Å². The number of hydrogen-bond donors (Lipinski definition) is 1. The summed E-state index contributed by atoms with van der Waals surface area (Å²) in [6.45, 7) is 0.598. The van der Waals surface area contributed by atoms with Gasteiger partial charge in [0.2, 0.25) is 15.9 Å². The molecule has 1 N–H and O–H groups in total. The summed E-state index contributed by atoms with van der Waals surface area (Å²) in [5.74, 6) is -0.278. The monoisotopic (exact) mass is 270 g/mol. The topological polar surface area (TPSA) is 66.5 Å². The first-order valence-corrected chi connectivity index (χ1v) is 6.49. The summed E-state index contributed by atoms with van der Waals surface area (Å²) in [6.07, 6.45) is 0. The molecule has 1 rings (SSSR count). The molecule has 0 unspecified atom stereocenters. The Labute approximate surface area is 85.7 Å². The number of sulfonamides is 1. The average molecular weight is 271 g/mol. The van der Waals surface area contributed by atoms with Crippen molar-refractivity contribution in [2.75, 3.05) is 24.8 Å². The van der Waals surface area contributed by atoms with E-state index in [4.69, 9.17) is 0 Å². The molecule has 1 fully saturated rings. The Kier molecular flexibility index (Phi) is 3.31. The number of rotatable bonds is 3. The summed E-state index contributed by atoms with van der Waals surface area (Å²) < 4.78 is 23.6. The van der Waals surface area contributed by atoms with Gasteiger partial charge in [-0.05, 0) is 0 Å². The van der Waals surface area contributed by atoms with Crippen LogP contribution in [-0.2, 0) is 14.8 Å². The molecule has 1 amide bonds. The van der Waals surface area contributed by atoms with Crippen molar-refractivity contribution in [3.05, 3.63) is 0 Å². The lowest BCUT2D eigenvalue weighted by atomic mass is 10.0. The third kappa shape index (κ3) is 2.21. The number of amides is 1. The van der Waals surface area contributed by atoms with Crippen LogP contribution < -0.4 is 5.32 Å². The van der Waals surface area contributed by atoms with Gasteiger partial charge in [0.05, 0.1) is 5.92 Å². The maximum Gasteiger partial charge on any atom is 0.225 e. The Bertz CT molecular complexity index is 297. The zero-order valence-corrected chi connectivity index (χ0v) is 9.56.